The van der Waals surface area contributed by atoms with Crippen molar-refractivity contribution < 1.29 is 8.42 Å². The summed E-state index contributed by atoms with van der Waals surface area (Å²) in [4.78, 5) is 2.46. The normalized spacial score (nSPS) is 17.5. The zero-order chi connectivity index (χ0) is 13.7. The molecule has 1 aliphatic heterocycles. The molecule has 1 heterocycles. The molecule has 1 saturated heterocycles. The summed E-state index contributed by atoms with van der Waals surface area (Å²) in [7, 11) is -3.12. The Labute approximate surface area is 115 Å². The van der Waals surface area contributed by atoms with Crippen LogP contribution >= 0.6 is 0 Å². The summed E-state index contributed by atoms with van der Waals surface area (Å²) in [6.07, 6.45) is 5.10. The van der Waals surface area contributed by atoms with E-state index < -0.39 is 10.0 Å². The lowest BCUT2D eigenvalue weighted by Crippen LogP contribution is -2.29. The minimum Gasteiger partial charge on any atom is -0.299 e. The van der Waals surface area contributed by atoms with Gasteiger partial charge in [-0.3, -0.25) is 4.90 Å². The molecule has 0 radical (unpaired) electrons. The minimum absolute atomic E-state index is 0.368. The van der Waals surface area contributed by atoms with E-state index >= 15 is 0 Å². The Balaban J connectivity index is 1.94. The standard InChI is InChI=1S/C14H22N2O2S/c1-19(17,18)15-11-13-6-5-7-14(10-13)12-16-8-3-2-4-9-16/h5-7,10,15H,2-4,8-9,11-12H2,1H3. The molecular formula is C14H22N2O2S. The number of hydrogen-bond donors (Lipinski definition) is 1. The van der Waals surface area contributed by atoms with Crippen LogP contribution in [0.3, 0.4) is 0 Å². The summed E-state index contributed by atoms with van der Waals surface area (Å²) in [6, 6.07) is 8.15. The van der Waals surface area contributed by atoms with Crippen LogP contribution in [-0.4, -0.2) is 32.7 Å². The Bertz CT molecular complexity index is 508. The lowest BCUT2D eigenvalue weighted by Gasteiger charge is -2.26. The van der Waals surface area contributed by atoms with E-state index in [1.54, 1.807) is 0 Å². The summed E-state index contributed by atoms with van der Waals surface area (Å²) < 4.78 is 24.7. The molecule has 0 atom stereocenters. The third kappa shape index (κ3) is 5.30. The van der Waals surface area contributed by atoms with Gasteiger partial charge in [0.2, 0.25) is 10.0 Å². The van der Waals surface area contributed by atoms with Gasteiger partial charge in [0.15, 0.2) is 0 Å². The van der Waals surface area contributed by atoms with Gasteiger partial charge in [-0.25, -0.2) is 13.1 Å². The molecule has 5 heteroatoms. The van der Waals surface area contributed by atoms with Gasteiger partial charge in [0.05, 0.1) is 6.26 Å². The highest BCUT2D eigenvalue weighted by Gasteiger charge is 2.10. The van der Waals surface area contributed by atoms with Crippen LogP contribution in [0.4, 0.5) is 0 Å². The molecule has 0 bridgehead atoms. The van der Waals surface area contributed by atoms with Crippen molar-refractivity contribution in [1.29, 1.82) is 0 Å². The SMILES string of the molecule is CS(=O)(=O)NCc1cccc(CN2CCCCC2)c1. The van der Waals surface area contributed by atoms with Crippen LogP contribution in [0.5, 0.6) is 0 Å². The summed E-state index contributed by atoms with van der Waals surface area (Å²) in [5.74, 6) is 0. The highest BCUT2D eigenvalue weighted by Crippen LogP contribution is 2.14. The Morgan fingerprint density at radius 3 is 2.53 bits per heavy atom. The average Bonchev–Trinajstić information content (AvgIpc) is 2.37. The fraction of sp³-hybridized carbons (Fsp3) is 0.571. The average molecular weight is 282 g/mol. The smallest absolute Gasteiger partial charge is 0.209 e. The van der Waals surface area contributed by atoms with Crippen molar-refractivity contribution >= 4 is 10.0 Å². The van der Waals surface area contributed by atoms with Crippen LogP contribution in [-0.2, 0) is 23.1 Å². The predicted molar refractivity (Wildman–Crippen MR) is 77.3 cm³/mol. The first-order chi connectivity index (χ1) is 9.03. The molecule has 0 saturated carbocycles. The fourth-order valence-electron chi connectivity index (χ4n) is 2.43. The molecule has 1 fully saturated rings. The predicted octanol–water partition coefficient (Wildman–Crippen LogP) is 1.72. The molecule has 0 aromatic heterocycles. The van der Waals surface area contributed by atoms with E-state index in [-0.39, 0.29) is 0 Å². The summed E-state index contributed by atoms with van der Waals surface area (Å²) in [6.45, 7) is 3.68. The topological polar surface area (TPSA) is 49.4 Å². The Hall–Kier alpha value is -0.910. The van der Waals surface area contributed by atoms with Crippen molar-refractivity contribution in [3.8, 4) is 0 Å². The van der Waals surface area contributed by atoms with Crippen molar-refractivity contribution in [2.75, 3.05) is 19.3 Å². The third-order valence-electron chi connectivity index (χ3n) is 3.38. The second-order valence-electron chi connectivity index (χ2n) is 5.25. The van der Waals surface area contributed by atoms with Gasteiger partial charge in [-0.15, -0.1) is 0 Å². The van der Waals surface area contributed by atoms with Crippen molar-refractivity contribution in [3.05, 3.63) is 35.4 Å². The number of nitrogens with zero attached hydrogens (tertiary/aromatic N) is 1. The van der Waals surface area contributed by atoms with Gasteiger partial charge in [0.1, 0.15) is 0 Å². The van der Waals surface area contributed by atoms with Gasteiger partial charge in [0.25, 0.3) is 0 Å². The molecule has 106 valence electrons. The summed E-state index contributed by atoms with van der Waals surface area (Å²) >= 11 is 0. The highest BCUT2D eigenvalue weighted by atomic mass is 32.2. The number of sulfonamides is 1. The van der Waals surface area contributed by atoms with E-state index in [1.165, 1.54) is 44.2 Å². The lowest BCUT2D eigenvalue weighted by molar-refractivity contribution is 0.221. The highest BCUT2D eigenvalue weighted by molar-refractivity contribution is 7.88. The summed E-state index contributed by atoms with van der Waals surface area (Å²) in [5.41, 5.74) is 2.27. The Kier molecular flexibility index (Phi) is 4.96. The van der Waals surface area contributed by atoms with Gasteiger partial charge in [-0.1, -0.05) is 30.7 Å². The van der Waals surface area contributed by atoms with Gasteiger partial charge >= 0.3 is 0 Å². The van der Waals surface area contributed by atoms with Crippen LogP contribution in [0.2, 0.25) is 0 Å². The van der Waals surface area contributed by atoms with Crippen LogP contribution < -0.4 is 4.72 Å². The van der Waals surface area contributed by atoms with Gasteiger partial charge in [-0.05, 0) is 37.1 Å². The maximum atomic E-state index is 11.1. The van der Waals surface area contributed by atoms with Crippen LogP contribution in [0.15, 0.2) is 24.3 Å². The van der Waals surface area contributed by atoms with Gasteiger partial charge in [0, 0.05) is 13.1 Å². The zero-order valence-electron chi connectivity index (χ0n) is 11.4. The van der Waals surface area contributed by atoms with Crippen molar-refractivity contribution in [1.82, 2.24) is 9.62 Å². The van der Waals surface area contributed by atoms with E-state index in [4.69, 9.17) is 0 Å². The first-order valence-electron chi connectivity index (χ1n) is 6.78. The first-order valence-corrected chi connectivity index (χ1v) is 8.67. The first kappa shape index (κ1) is 14.5. The Morgan fingerprint density at radius 1 is 1.16 bits per heavy atom. The van der Waals surface area contributed by atoms with E-state index in [9.17, 15) is 8.42 Å². The van der Waals surface area contributed by atoms with Gasteiger partial charge < -0.3 is 0 Å². The number of likely N-dealkylation sites (tertiary alicyclic amines) is 1. The number of nitrogens with one attached hydrogen (secondary N) is 1. The molecule has 1 N–H and O–H groups in total. The molecule has 0 amide bonds. The van der Waals surface area contributed by atoms with Gasteiger partial charge in [-0.2, -0.15) is 0 Å². The number of hydrogen-bond acceptors (Lipinski definition) is 3. The molecule has 1 aromatic carbocycles. The second-order valence-corrected chi connectivity index (χ2v) is 7.08. The lowest BCUT2D eigenvalue weighted by atomic mass is 10.1. The second kappa shape index (κ2) is 6.50. The number of rotatable bonds is 5. The molecule has 1 aliphatic rings. The summed E-state index contributed by atoms with van der Waals surface area (Å²) in [5, 5.41) is 0. The molecule has 1 aromatic rings. The van der Waals surface area contributed by atoms with Crippen LogP contribution in [0, 0.1) is 0 Å². The van der Waals surface area contributed by atoms with Crippen molar-refractivity contribution in [3.63, 3.8) is 0 Å². The van der Waals surface area contributed by atoms with E-state index in [0.29, 0.717) is 6.54 Å². The molecule has 19 heavy (non-hydrogen) atoms. The Morgan fingerprint density at radius 2 is 1.84 bits per heavy atom. The molecule has 2 rings (SSSR count). The molecule has 0 spiro atoms. The fourth-order valence-corrected chi connectivity index (χ4v) is 2.86. The maximum Gasteiger partial charge on any atom is 0.209 e. The van der Waals surface area contributed by atoms with Crippen molar-refractivity contribution in [2.24, 2.45) is 0 Å². The molecular weight excluding hydrogens is 260 g/mol. The maximum absolute atomic E-state index is 11.1. The van der Waals surface area contributed by atoms with Crippen molar-refractivity contribution in [2.45, 2.75) is 32.4 Å². The number of piperidine rings is 1. The third-order valence-corrected chi connectivity index (χ3v) is 4.05. The van der Waals surface area contributed by atoms with E-state index in [1.807, 2.05) is 12.1 Å². The van der Waals surface area contributed by atoms with Crippen LogP contribution in [0.1, 0.15) is 30.4 Å². The zero-order valence-corrected chi connectivity index (χ0v) is 12.2. The van der Waals surface area contributed by atoms with E-state index in [2.05, 4.69) is 21.8 Å². The van der Waals surface area contributed by atoms with E-state index in [0.717, 1.165) is 12.1 Å². The van der Waals surface area contributed by atoms with Crippen LogP contribution in [0.25, 0.3) is 0 Å². The quantitative estimate of drug-likeness (QED) is 0.894. The largest absolute Gasteiger partial charge is 0.299 e. The molecule has 0 unspecified atom stereocenters. The minimum atomic E-state index is -3.12. The molecule has 4 nitrogen and oxygen atoms in total. The monoisotopic (exact) mass is 282 g/mol. The molecule has 0 aliphatic carbocycles. The number of benzene rings is 1.